The molecule has 0 aromatic carbocycles. The van der Waals surface area contributed by atoms with Crippen LogP contribution in [0.3, 0.4) is 0 Å². The number of rotatable bonds is 37. The second-order valence-corrected chi connectivity index (χ2v) is 13.9. The fourth-order valence-electron chi connectivity index (χ4n) is 5.75. The fraction of sp³-hybridized carbons (Fsp3) is 0.795. The molecule has 0 aromatic heterocycles. The van der Waals surface area contributed by atoms with Crippen LogP contribution >= 0.6 is 0 Å². The molecule has 0 saturated heterocycles. The molecule has 0 saturated carbocycles. The van der Waals surface area contributed by atoms with Gasteiger partial charge in [0.2, 0.25) is 0 Å². The first-order valence-electron chi connectivity index (χ1n) is 21.0. The molecular formula is C44H78O6. The quantitative estimate of drug-likeness (QED) is 0.0277. The summed E-state index contributed by atoms with van der Waals surface area (Å²) in [6.07, 6.45) is 42.7. The van der Waals surface area contributed by atoms with Gasteiger partial charge in [-0.3, -0.25) is 14.4 Å². The van der Waals surface area contributed by atoms with Gasteiger partial charge in [-0.1, -0.05) is 173 Å². The lowest BCUT2D eigenvalue weighted by Crippen LogP contribution is -2.30. The van der Waals surface area contributed by atoms with Gasteiger partial charge >= 0.3 is 17.9 Å². The minimum atomic E-state index is -0.772. The third-order valence-corrected chi connectivity index (χ3v) is 8.91. The van der Waals surface area contributed by atoms with Gasteiger partial charge in [0.25, 0.3) is 0 Å². The maximum atomic E-state index is 12.6. The summed E-state index contributed by atoms with van der Waals surface area (Å²) in [6.45, 7) is 6.45. The van der Waals surface area contributed by atoms with Crippen LogP contribution in [0.4, 0.5) is 0 Å². The molecule has 0 N–H and O–H groups in total. The predicted octanol–water partition coefficient (Wildman–Crippen LogP) is 13.0. The smallest absolute Gasteiger partial charge is 0.306 e. The van der Waals surface area contributed by atoms with Crippen LogP contribution < -0.4 is 0 Å². The highest BCUT2D eigenvalue weighted by atomic mass is 16.6. The third kappa shape index (κ3) is 36.9. The SMILES string of the molecule is CC/C=C\C/C=C\C/C=C\CCCCCCC(=O)OCC(COC(=O)CCCCCCCCCCC)OC(=O)CCCCCCCCCCC. The zero-order valence-electron chi connectivity index (χ0n) is 32.9. The van der Waals surface area contributed by atoms with Crippen LogP contribution in [0.15, 0.2) is 36.5 Å². The lowest BCUT2D eigenvalue weighted by atomic mass is 10.1. The Morgan fingerprint density at radius 3 is 1.22 bits per heavy atom. The lowest BCUT2D eigenvalue weighted by Gasteiger charge is -2.18. The van der Waals surface area contributed by atoms with Crippen molar-refractivity contribution >= 4 is 17.9 Å². The average Bonchev–Trinajstić information content (AvgIpc) is 3.11. The van der Waals surface area contributed by atoms with Crippen molar-refractivity contribution in [3.63, 3.8) is 0 Å². The number of carbonyl (C=O) groups excluding carboxylic acids is 3. The van der Waals surface area contributed by atoms with E-state index in [1.807, 2.05) is 0 Å². The first-order chi connectivity index (χ1) is 24.5. The first-order valence-corrected chi connectivity index (χ1v) is 21.0. The summed E-state index contributed by atoms with van der Waals surface area (Å²) in [6, 6.07) is 0. The highest BCUT2D eigenvalue weighted by Crippen LogP contribution is 2.14. The molecule has 0 aliphatic heterocycles. The van der Waals surface area contributed by atoms with Crippen LogP contribution in [0.1, 0.15) is 207 Å². The van der Waals surface area contributed by atoms with E-state index in [1.54, 1.807) is 0 Å². The molecule has 0 fully saturated rings. The molecule has 290 valence electrons. The molecule has 6 heteroatoms. The maximum absolute atomic E-state index is 12.6. The molecule has 1 unspecified atom stereocenters. The molecule has 6 nitrogen and oxygen atoms in total. The molecule has 0 aliphatic rings. The molecular weight excluding hydrogens is 624 g/mol. The van der Waals surface area contributed by atoms with Crippen molar-refractivity contribution in [1.29, 1.82) is 0 Å². The van der Waals surface area contributed by atoms with Gasteiger partial charge in [0.1, 0.15) is 13.2 Å². The molecule has 1 atom stereocenters. The molecule has 0 bridgehead atoms. The van der Waals surface area contributed by atoms with Crippen molar-refractivity contribution in [3.8, 4) is 0 Å². The third-order valence-electron chi connectivity index (χ3n) is 8.91. The Morgan fingerprint density at radius 2 is 0.780 bits per heavy atom. The summed E-state index contributed by atoms with van der Waals surface area (Å²) in [4.78, 5) is 37.5. The number of ether oxygens (including phenoxy) is 3. The van der Waals surface area contributed by atoms with Gasteiger partial charge in [0, 0.05) is 19.3 Å². The summed E-state index contributed by atoms with van der Waals surface area (Å²) < 4.78 is 16.6. The minimum Gasteiger partial charge on any atom is -0.462 e. The Labute approximate surface area is 308 Å². The molecule has 0 heterocycles. The normalized spacial score (nSPS) is 12.3. The summed E-state index contributed by atoms with van der Waals surface area (Å²) in [5.74, 6) is -0.907. The zero-order chi connectivity index (χ0) is 36.6. The van der Waals surface area contributed by atoms with Crippen LogP contribution in [-0.4, -0.2) is 37.2 Å². The Balaban J connectivity index is 4.37. The number of esters is 3. The summed E-state index contributed by atoms with van der Waals surface area (Å²) in [5, 5.41) is 0. The number of hydrogen-bond donors (Lipinski definition) is 0. The van der Waals surface area contributed by atoms with Crippen LogP contribution in [-0.2, 0) is 28.6 Å². The molecule has 0 aliphatic carbocycles. The lowest BCUT2D eigenvalue weighted by molar-refractivity contribution is -0.167. The van der Waals surface area contributed by atoms with E-state index in [-0.39, 0.29) is 31.1 Å². The van der Waals surface area contributed by atoms with Gasteiger partial charge in [0.05, 0.1) is 0 Å². The number of unbranched alkanes of at least 4 members (excludes halogenated alkanes) is 20. The number of allylic oxidation sites excluding steroid dienone is 6. The Morgan fingerprint density at radius 1 is 0.420 bits per heavy atom. The van der Waals surface area contributed by atoms with E-state index >= 15 is 0 Å². The topological polar surface area (TPSA) is 78.9 Å². The molecule has 0 aromatic rings. The van der Waals surface area contributed by atoms with E-state index in [0.29, 0.717) is 19.3 Å². The van der Waals surface area contributed by atoms with Crippen molar-refractivity contribution in [2.24, 2.45) is 0 Å². The Bertz CT molecular complexity index is 861. The van der Waals surface area contributed by atoms with Crippen molar-refractivity contribution in [3.05, 3.63) is 36.5 Å². The second kappa shape index (κ2) is 39.4. The minimum absolute atomic E-state index is 0.0771. The summed E-state index contributed by atoms with van der Waals surface area (Å²) >= 11 is 0. The van der Waals surface area contributed by atoms with Crippen molar-refractivity contribution in [2.75, 3.05) is 13.2 Å². The molecule has 0 spiro atoms. The number of hydrogen-bond acceptors (Lipinski definition) is 6. The molecule has 50 heavy (non-hydrogen) atoms. The van der Waals surface area contributed by atoms with Crippen molar-refractivity contribution < 1.29 is 28.6 Å². The van der Waals surface area contributed by atoms with Gasteiger partial charge in [-0.25, -0.2) is 0 Å². The van der Waals surface area contributed by atoms with E-state index in [9.17, 15) is 14.4 Å². The van der Waals surface area contributed by atoms with E-state index in [4.69, 9.17) is 14.2 Å². The summed E-state index contributed by atoms with van der Waals surface area (Å²) in [7, 11) is 0. The zero-order valence-corrected chi connectivity index (χ0v) is 32.9. The fourth-order valence-corrected chi connectivity index (χ4v) is 5.75. The monoisotopic (exact) mass is 703 g/mol. The van der Waals surface area contributed by atoms with E-state index in [2.05, 4.69) is 57.2 Å². The molecule has 0 rings (SSSR count). The van der Waals surface area contributed by atoms with Crippen LogP contribution in [0.25, 0.3) is 0 Å². The largest absolute Gasteiger partial charge is 0.462 e. The van der Waals surface area contributed by atoms with E-state index in [0.717, 1.165) is 89.9 Å². The standard InChI is InChI=1S/C44H78O6/c1-4-7-10-13-16-19-20-21-22-23-26-28-31-34-37-43(46)49-40-41(50-44(47)38-35-32-29-25-18-15-12-9-6-3)39-48-42(45)36-33-30-27-24-17-14-11-8-5-2/h7,10,16,19,21-22,41H,4-6,8-9,11-15,17-18,20,23-40H2,1-3H3/b10-7-,19-16-,22-21-. The predicted molar refractivity (Wildman–Crippen MR) is 210 cm³/mol. The summed E-state index contributed by atoms with van der Waals surface area (Å²) in [5.41, 5.74) is 0. The molecule has 0 amide bonds. The van der Waals surface area contributed by atoms with Crippen LogP contribution in [0.2, 0.25) is 0 Å². The van der Waals surface area contributed by atoms with E-state index in [1.165, 1.54) is 77.0 Å². The van der Waals surface area contributed by atoms with Gasteiger partial charge in [-0.2, -0.15) is 0 Å². The van der Waals surface area contributed by atoms with Crippen LogP contribution in [0, 0.1) is 0 Å². The highest BCUT2D eigenvalue weighted by molar-refractivity contribution is 5.71. The van der Waals surface area contributed by atoms with E-state index < -0.39 is 6.10 Å². The van der Waals surface area contributed by atoms with Gasteiger partial charge in [0.15, 0.2) is 6.10 Å². The Kier molecular flexibility index (Phi) is 37.5. The van der Waals surface area contributed by atoms with Crippen molar-refractivity contribution in [1.82, 2.24) is 0 Å². The van der Waals surface area contributed by atoms with Gasteiger partial charge in [-0.15, -0.1) is 0 Å². The Hall–Kier alpha value is -2.37. The number of carbonyl (C=O) groups is 3. The van der Waals surface area contributed by atoms with Gasteiger partial charge in [-0.05, 0) is 51.4 Å². The highest BCUT2D eigenvalue weighted by Gasteiger charge is 2.19. The molecule has 0 radical (unpaired) electrons. The maximum Gasteiger partial charge on any atom is 0.306 e. The average molecular weight is 703 g/mol. The second-order valence-electron chi connectivity index (χ2n) is 13.9. The van der Waals surface area contributed by atoms with Crippen molar-refractivity contribution in [2.45, 2.75) is 213 Å². The van der Waals surface area contributed by atoms with Crippen LogP contribution in [0.5, 0.6) is 0 Å². The first kappa shape index (κ1) is 47.6. The van der Waals surface area contributed by atoms with Gasteiger partial charge < -0.3 is 14.2 Å².